The second-order valence-electron chi connectivity index (χ2n) is 3.25. The predicted octanol–water partition coefficient (Wildman–Crippen LogP) is 1.40. The van der Waals surface area contributed by atoms with E-state index in [1.165, 1.54) is 5.56 Å². The van der Waals surface area contributed by atoms with Crippen LogP contribution in [0, 0.1) is 6.92 Å². The second kappa shape index (κ2) is 2.42. The fraction of sp³-hybridized carbons (Fsp3) is 0.300. The molecule has 0 aromatic heterocycles. The van der Waals surface area contributed by atoms with Crippen molar-refractivity contribution < 1.29 is 9.90 Å². The lowest BCUT2D eigenvalue weighted by atomic mass is 9.83. The fourth-order valence-electron chi connectivity index (χ4n) is 1.60. The number of carbonyl (C=O) groups excluding carboxylic acids is 1. The molecule has 1 aliphatic carbocycles. The lowest BCUT2D eigenvalue weighted by molar-refractivity contribution is 0.112. The van der Waals surface area contributed by atoms with Crippen molar-refractivity contribution in [3.05, 3.63) is 34.4 Å². The molecule has 0 saturated heterocycles. The number of aliphatic hydroxyl groups excluding tert-OH is 1. The summed E-state index contributed by atoms with van der Waals surface area (Å²) in [4.78, 5) is 10.5. The van der Waals surface area contributed by atoms with E-state index in [0.29, 0.717) is 5.56 Å². The topological polar surface area (TPSA) is 37.3 Å². The van der Waals surface area contributed by atoms with E-state index < -0.39 is 0 Å². The third kappa shape index (κ3) is 0.883. The Hall–Kier alpha value is -1.15. The van der Waals surface area contributed by atoms with Crippen molar-refractivity contribution in [1.82, 2.24) is 0 Å². The molecular weight excluding hydrogens is 152 g/mol. The maximum absolute atomic E-state index is 10.5. The number of rotatable bonds is 1. The van der Waals surface area contributed by atoms with Crippen molar-refractivity contribution in [3.8, 4) is 0 Å². The Labute approximate surface area is 70.8 Å². The Bertz CT molecular complexity index is 342. The van der Waals surface area contributed by atoms with Crippen LogP contribution in [-0.2, 0) is 6.42 Å². The van der Waals surface area contributed by atoms with Crippen LogP contribution in [0.25, 0.3) is 0 Å². The molecular formula is C10H10O2. The number of aryl methyl sites for hydroxylation is 1. The van der Waals surface area contributed by atoms with Gasteiger partial charge in [0.1, 0.15) is 6.29 Å². The summed E-state index contributed by atoms with van der Waals surface area (Å²) in [6.07, 6.45) is 1.22. The van der Waals surface area contributed by atoms with Gasteiger partial charge in [0, 0.05) is 12.0 Å². The maximum atomic E-state index is 10.5. The zero-order valence-electron chi connectivity index (χ0n) is 6.87. The number of aldehydes is 1. The molecule has 0 amide bonds. The summed E-state index contributed by atoms with van der Waals surface area (Å²) >= 11 is 0. The van der Waals surface area contributed by atoms with Gasteiger partial charge in [-0.2, -0.15) is 0 Å². The molecule has 0 fully saturated rings. The molecule has 1 aromatic carbocycles. The van der Waals surface area contributed by atoms with Gasteiger partial charge in [-0.25, -0.2) is 0 Å². The third-order valence-electron chi connectivity index (χ3n) is 2.43. The van der Waals surface area contributed by atoms with E-state index in [2.05, 4.69) is 0 Å². The van der Waals surface area contributed by atoms with Crippen molar-refractivity contribution in [2.75, 3.05) is 0 Å². The van der Waals surface area contributed by atoms with Gasteiger partial charge in [-0.15, -0.1) is 0 Å². The van der Waals surface area contributed by atoms with Crippen LogP contribution in [-0.4, -0.2) is 11.4 Å². The van der Waals surface area contributed by atoms with Crippen LogP contribution in [0.3, 0.4) is 0 Å². The SMILES string of the molecule is Cc1cc2c(cc1C=O)C(O)C2. The lowest BCUT2D eigenvalue weighted by Gasteiger charge is -2.26. The summed E-state index contributed by atoms with van der Waals surface area (Å²) in [5.74, 6) is 0. The van der Waals surface area contributed by atoms with E-state index in [-0.39, 0.29) is 6.10 Å². The molecule has 1 N–H and O–H groups in total. The van der Waals surface area contributed by atoms with Crippen LogP contribution in [0.4, 0.5) is 0 Å². The molecule has 1 atom stereocenters. The number of hydrogen-bond acceptors (Lipinski definition) is 2. The molecule has 0 bridgehead atoms. The molecule has 0 radical (unpaired) electrons. The van der Waals surface area contributed by atoms with Crippen LogP contribution in [0.5, 0.6) is 0 Å². The van der Waals surface area contributed by atoms with Gasteiger partial charge in [-0.1, -0.05) is 6.07 Å². The number of fused-ring (bicyclic) bond motifs is 1. The van der Waals surface area contributed by atoms with Gasteiger partial charge in [-0.3, -0.25) is 4.79 Å². The molecule has 2 rings (SSSR count). The van der Waals surface area contributed by atoms with Crippen molar-refractivity contribution in [2.24, 2.45) is 0 Å². The number of hydrogen-bond donors (Lipinski definition) is 1. The Morgan fingerprint density at radius 2 is 2.33 bits per heavy atom. The van der Waals surface area contributed by atoms with Crippen molar-refractivity contribution in [3.63, 3.8) is 0 Å². The standard InChI is InChI=1S/C10H10O2/c1-6-2-7-4-10(12)9(7)3-8(6)5-11/h2-3,5,10,12H,4H2,1H3. The normalized spacial score (nSPS) is 19.7. The van der Waals surface area contributed by atoms with Crippen LogP contribution in [0.1, 0.15) is 33.2 Å². The predicted molar refractivity (Wildman–Crippen MR) is 45.2 cm³/mol. The molecule has 62 valence electrons. The maximum Gasteiger partial charge on any atom is 0.150 e. The highest BCUT2D eigenvalue weighted by Crippen LogP contribution is 2.34. The highest BCUT2D eigenvalue weighted by Gasteiger charge is 2.24. The minimum absolute atomic E-state index is 0.348. The van der Waals surface area contributed by atoms with Crippen molar-refractivity contribution in [2.45, 2.75) is 19.4 Å². The fourth-order valence-corrected chi connectivity index (χ4v) is 1.60. The van der Waals surface area contributed by atoms with Gasteiger partial charge < -0.3 is 5.11 Å². The van der Waals surface area contributed by atoms with E-state index in [1.54, 1.807) is 6.07 Å². The first-order chi connectivity index (χ1) is 5.72. The minimum atomic E-state index is -0.348. The number of aliphatic hydroxyl groups is 1. The van der Waals surface area contributed by atoms with Gasteiger partial charge in [-0.05, 0) is 29.7 Å². The number of benzene rings is 1. The molecule has 0 aliphatic heterocycles. The number of carbonyl (C=O) groups is 1. The van der Waals surface area contributed by atoms with E-state index in [4.69, 9.17) is 0 Å². The monoisotopic (exact) mass is 162 g/mol. The van der Waals surface area contributed by atoms with Gasteiger partial charge in [0.05, 0.1) is 6.10 Å². The zero-order valence-corrected chi connectivity index (χ0v) is 6.87. The Morgan fingerprint density at radius 1 is 1.58 bits per heavy atom. The molecule has 0 spiro atoms. The minimum Gasteiger partial charge on any atom is -0.388 e. The van der Waals surface area contributed by atoms with Crippen molar-refractivity contribution >= 4 is 6.29 Å². The Balaban J connectivity index is 2.55. The summed E-state index contributed by atoms with van der Waals surface area (Å²) in [6, 6.07) is 3.76. The van der Waals surface area contributed by atoms with E-state index in [9.17, 15) is 9.90 Å². The van der Waals surface area contributed by atoms with Crippen LogP contribution in [0.2, 0.25) is 0 Å². The summed E-state index contributed by atoms with van der Waals surface area (Å²) in [5.41, 5.74) is 3.77. The molecule has 2 heteroatoms. The average Bonchev–Trinajstić information content (AvgIpc) is 2.04. The van der Waals surface area contributed by atoms with E-state index in [0.717, 1.165) is 23.8 Å². The first-order valence-corrected chi connectivity index (χ1v) is 3.99. The second-order valence-corrected chi connectivity index (χ2v) is 3.25. The van der Waals surface area contributed by atoms with Gasteiger partial charge in [0.15, 0.2) is 0 Å². The lowest BCUT2D eigenvalue weighted by Crippen LogP contribution is -2.17. The molecule has 2 nitrogen and oxygen atoms in total. The van der Waals surface area contributed by atoms with Gasteiger partial charge in [0.2, 0.25) is 0 Å². The van der Waals surface area contributed by atoms with Gasteiger partial charge >= 0.3 is 0 Å². The Kier molecular flexibility index (Phi) is 1.51. The van der Waals surface area contributed by atoms with Crippen LogP contribution >= 0.6 is 0 Å². The Morgan fingerprint density at radius 3 is 2.92 bits per heavy atom. The molecule has 12 heavy (non-hydrogen) atoms. The molecule has 1 unspecified atom stereocenters. The molecule has 0 heterocycles. The highest BCUT2D eigenvalue weighted by molar-refractivity contribution is 5.78. The van der Waals surface area contributed by atoms with Gasteiger partial charge in [0.25, 0.3) is 0 Å². The summed E-state index contributed by atoms with van der Waals surface area (Å²) < 4.78 is 0. The zero-order chi connectivity index (χ0) is 8.72. The molecule has 0 saturated carbocycles. The smallest absolute Gasteiger partial charge is 0.150 e. The van der Waals surface area contributed by atoms with E-state index >= 15 is 0 Å². The molecule has 1 aliphatic rings. The first-order valence-electron chi connectivity index (χ1n) is 3.99. The van der Waals surface area contributed by atoms with Crippen molar-refractivity contribution in [1.29, 1.82) is 0 Å². The first kappa shape index (κ1) is 7.50. The molecule has 1 aromatic rings. The summed E-state index contributed by atoms with van der Waals surface area (Å²) in [7, 11) is 0. The highest BCUT2D eigenvalue weighted by atomic mass is 16.3. The van der Waals surface area contributed by atoms with Crippen LogP contribution in [0.15, 0.2) is 12.1 Å². The summed E-state index contributed by atoms with van der Waals surface area (Å²) in [5, 5.41) is 9.30. The van der Waals surface area contributed by atoms with E-state index in [1.807, 2.05) is 13.0 Å². The average molecular weight is 162 g/mol. The largest absolute Gasteiger partial charge is 0.388 e. The summed E-state index contributed by atoms with van der Waals surface area (Å²) in [6.45, 7) is 1.91. The van der Waals surface area contributed by atoms with Crippen LogP contribution < -0.4 is 0 Å². The third-order valence-corrected chi connectivity index (χ3v) is 2.43. The quantitative estimate of drug-likeness (QED) is 0.634.